The van der Waals surface area contributed by atoms with E-state index >= 15 is 0 Å². The van der Waals surface area contributed by atoms with Crippen LogP contribution in [0, 0.1) is 0 Å². The van der Waals surface area contributed by atoms with Gasteiger partial charge in [-0.2, -0.15) is 0 Å². The number of hydrogen-bond acceptors (Lipinski definition) is 4. The Kier molecular flexibility index (Phi) is 4.61. The second-order valence-corrected chi connectivity index (χ2v) is 6.46. The molecule has 0 aliphatic carbocycles. The minimum atomic E-state index is -0.132. The Labute approximate surface area is 131 Å². The molecular formula is C15H26N6O. The van der Waals surface area contributed by atoms with Crippen molar-refractivity contribution in [3.8, 4) is 0 Å². The van der Waals surface area contributed by atoms with E-state index in [0.29, 0.717) is 6.04 Å². The zero-order valence-electron chi connectivity index (χ0n) is 13.5. The van der Waals surface area contributed by atoms with Crippen LogP contribution in [0.3, 0.4) is 0 Å². The number of piperidine rings is 1. The predicted molar refractivity (Wildman–Crippen MR) is 83.4 cm³/mol. The Bertz CT molecular complexity index is 510. The summed E-state index contributed by atoms with van der Waals surface area (Å²) in [6, 6.07) is 0.415. The van der Waals surface area contributed by atoms with Crippen LogP contribution in [0.25, 0.3) is 0 Å². The molecule has 0 bridgehead atoms. The number of likely N-dealkylation sites (tertiary alicyclic amines) is 2. The van der Waals surface area contributed by atoms with E-state index in [1.165, 1.54) is 32.4 Å². The predicted octanol–water partition coefficient (Wildman–Crippen LogP) is 1.15. The van der Waals surface area contributed by atoms with Crippen LogP contribution in [0.1, 0.15) is 44.5 Å². The summed E-state index contributed by atoms with van der Waals surface area (Å²) in [7, 11) is 1.89. The number of nitrogens with zero attached hydrogens (tertiary/aromatic N) is 5. The number of aromatic nitrogens is 3. The van der Waals surface area contributed by atoms with Gasteiger partial charge in [0.25, 0.3) is 0 Å². The summed E-state index contributed by atoms with van der Waals surface area (Å²) in [4.78, 5) is 17.0. The molecule has 0 radical (unpaired) electrons. The number of urea groups is 1. The lowest BCUT2D eigenvalue weighted by Gasteiger charge is -2.37. The lowest BCUT2D eigenvalue weighted by atomic mass is 10.0. The largest absolute Gasteiger partial charge is 0.328 e. The summed E-state index contributed by atoms with van der Waals surface area (Å²) in [5.41, 5.74) is 0. The highest BCUT2D eigenvalue weighted by Gasteiger charge is 2.30. The summed E-state index contributed by atoms with van der Waals surface area (Å²) in [6.07, 6.45) is 6.55. The van der Waals surface area contributed by atoms with Crippen LogP contribution in [-0.2, 0) is 7.05 Å². The molecule has 1 N–H and O–H groups in total. The van der Waals surface area contributed by atoms with E-state index in [0.717, 1.165) is 25.3 Å². The van der Waals surface area contributed by atoms with Gasteiger partial charge in [0.05, 0.1) is 6.04 Å². The number of carbonyl (C=O) groups is 1. The van der Waals surface area contributed by atoms with Gasteiger partial charge in [-0.05, 0) is 45.7 Å². The molecular weight excluding hydrogens is 280 g/mol. The number of hydrogen-bond donors (Lipinski definition) is 1. The van der Waals surface area contributed by atoms with E-state index in [9.17, 15) is 4.79 Å². The average molecular weight is 306 g/mol. The first-order valence-corrected chi connectivity index (χ1v) is 8.28. The normalized spacial score (nSPS) is 24.5. The topological polar surface area (TPSA) is 66.3 Å². The number of carbonyl (C=O) groups excluding carboxylic acids is 1. The van der Waals surface area contributed by atoms with Gasteiger partial charge in [0.15, 0.2) is 5.82 Å². The van der Waals surface area contributed by atoms with Crippen LogP contribution in [0.4, 0.5) is 4.79 Å². The van der Waals surface area contributed by atoms with Gasteiger partial charge >= 0.3 is 6.03 Å². The molecule has 7 nitrogen and oxygen atoms in total. The summed E-state index contributed by atoms with van der Waals surface area (Å²) < 4.78 is 1.84. The van der Waals surface area contributed by atoms with Crippen molar-refractivity contribution in [1.29, 1.82) is 0 Å². The monoisotopic (exact) mass is 306 g/mol. The molecule has 1 aromatic heterocycles. The molecule has 122 valence electrons. The molecule has 0 unspecified atom stereocenters. The maximum Gasteiger partial charge on any atom is 0.318 e. The average Bonchev–Trinajstić information content (AvgIpc) is 3.18. The van der Waals surface area contributed by atoms with Crippen molar-refractivity contribution in [1.82, 2.24) is 29.9 Å². The SMILES string of the molecule is C[C@@H](NC(=O)N1CCC[C@@H](N2CCCC2)C1)c1nncn1C. The lowest BCUT2D eigenvalue weighted by molar-refractivity contribution is 0.123. The second kappa shape index (κ2) is 6.64. The van der Waals surface area contributed by atoms with Gasteiger partial charge < -0.3 is 14.8 Å². The van der Waals surface area contributed by atoms with Crippen molar-refractivity contribution in [2.45, 2.75) is 44.7 Å². The molecule has 2 amide bonds. The lowest BCUT2D eigenvalue weighted by Crippen LogP contribution is -2.52. The van der Waals surface area contributed by atoms with Crippen LogP contribution in [0.5, 0.6) is 0 Å². The highest BCUT2D eigenvalue weighted by Crippen LogP contribution is 2.21. The third-order valence-electron chi connectivity index (χ3n) is 4.81. The molecule has 2 fully saturated rings. The minimum Gasteiger partial charge on any atom is -0.328 e. The maximum atomic E-state index is 12.5. The van der Waals surface area contributed by atoms with E-state index < -0.39 is 0 Å². The third kappa shape index (κ3) is 3.24. The molecule has 0 saturated carbocycles. The van der Waals surface area contributed by atoms with Gasteiger partial charge in [0.1, 0.15) is 6.33 Å². The molecule has 3 rings (SSSR count). The van der Waals surface area contributed by atoms with E-state index in [1.54, 1.807) is 6.33 Å². The molecule has 2 saturated heterocycles. The van der Waals surface area contributed by atoms with Gasteiger partial charge in [0, 0.05) is 26.2 Å². The highest BCUT2D eigenvalue weighted by atomic mass is 16.2. The maximum absolute atomic E-state index is 12.5. The number of rotatable bonds is 3. The Morgan fingerprint density at radius 1 is 1.32 bits per heavy atom. The second-order valence-electron chi connectivity index (χ2n) is 6.46. The van der Waals surface area contributed by atoms with Gasteiger partial charge in [-0.25, -0.2) is 4.79 Å². The van der Waals surface area contributed by atoms with Crippen molar-refractivity contribution < 1.29 is 4.79 Å². The van der Waals surface area contributed by atoms with Gasteiger partial charge in [-0.3, -0.25) is 4.90 Å². The first-order chi connectivity index (χ1) is 10.6. The molecule has 7 heteroatoms. The molecule has 2 aliphatic heterocycles. The molecule has 22 heavy (non-hydrogen) atoms. The van der Waals surface area contributed by atoms with E-state index in [4.69, 9.17) is 0 Å². The Balaban J connectivity index is 1.56. The molecule has 1 aromatic rings. The fourth-order valence-corrected chi connectivity index (χ4v) is 3.57. The molecule has 0 spiro atoms. The van der Waals surface area contributed by atoms with Crippen LogP contribution in [0.15, 0.2) is 6.33 Å². The van der Waals surface area contributed by atoms with Gasteiger partial charge in [0.2, 0.25) is 0 Å². The highest BCUT2D eigenvalue weighted by molar-refractivity contribution is 5.74. The van der Waals surface area contributed by atoms with Crippen LogP contribution in [-0.4, -0.2) is 62.8 Å². The van der Waals surface area contributed by atoms with Crippen LogP contribution < -0.4 is 5.32 Å². The molecule has 3 heterocycles. The van der Waals surface area contributed by atoms with E-state index in [1.807, 2.05) is 23.4 Å². The number of amides is 2. The Morgan fingerprint density at radius 3 is 2.77 bits per heavy atom. The molecule has 2 aliphatic rings. The molecule has 0 aromatic carbocycles. The summed E-state index contributed by atoms with van der Waals surface area (Å²) in [5.74, 6) is 0.779. The zero-order chi connectivity index (χ0) is 15.5. The fourth-order valence-electron chi connectivity index (χ4n) is 3.57. The van der Waals surface area contributed by atoms with Crippen LogP contribution >= 0.6 is 0 Å². The number of aryl methyl sites for hydroxylation is 1. The van der Waals surface area contributed by atoms with Crippen molar-refractivity contribution in [2.24, 2.45) is 7.05 Å². The Morgan fingerprint density at radius 2 is 2.09 bits per heavy atom. The molecule has 2 atom stereocenters. The minimum absolute atomic E-state index is 0.0133. The fraction of sp³-hybridized carbons (Fsp3) is 0.800. The number of nitrogens with one attached hydrogen (secondary N) is 1. The first-order valence-electron chi connectivity index (χ1n) is 8.28. The van der Waals surface area contributed by atoms with E-state index in [-0.39, 0.29) is 12.1 Å². The summed E-state index contributed by atoms with van der Waals surface area (Å²) >= 11 is 0. The third-order valence-corrected chi connectivity index (χ3v) is 4.81. The zero-order valence-corrected chi connectivity index (χ0v) is 13.5. The standard InChI is InChI=1S/C15H26N6O/c1-12(14-18-16-11-19(14)2)17-15(22)21-9-5-6-13(10-21)20-7-3-4-8-20/h11-13H,3-10H2,1-2H3,(H,17,22)/t12-,13-/m1/s1. The Hall–Kier alpha value is -1.63. The first kappa shape index (κ1) is 15.3. The van der Waals surface area contributed by atoms with Crippen molar-refractivity contribution in [3.05, 3.63) is 12.2 Å². The summed E-state index contributed by atoms with van der Waals surface area (Å²) in [6.45, 7) is 6.02. The van der Waals surface area contributed by atoms with Crippen molar-refractivity contribution >= 4 is 6.03 Å². The summed E-state index contributed by atoms with van der Waals surface area (Å²) in [5, 5.41) is 11.0. The van der Waals surface area contributed by atoms with Gasteiger partial charge in [-0.15, -0.1) is 10.2 Å². The van der Waals surface area contributed by atoms with Crippen molar-refractivity contribution in [3.63, 3.8) is 0 Å². The van der Waals surface area contributed by atoms with Gasteiger partial charge in [-0.1, -0.05) is 0 Å². The smallest absolute Gasteiger partial charge is 0.318 e. The quantitative estimate of drug-likeness (QED) is 0.909. The van der Waals surface area contributed by atoms with Crippen molar-refractivity contribution in [2.75, 3.05) is 26.2 Å². The van der Waals surface area contributed by atoms with Crippen LogP contribution in [0.2, 0.25) is 0 Å². The van der Waals surface area contributed by atoms with E-state index in [2.05, 4.69) is 20.4 Å².